The van der Waals surface area contributed by atoms with E-state index >= 15 is 0 Å². The van der Waals surface area contributed by atoms with Crippen LogP contribution < -0.4 is 4.74 Å². The first kappa shape index (κ1) is 22.1. The molecule has 2 aromatic rings. The molecule has 2 atom stereocenters. The van der Waals surface area contributed by atoms with Crippen LogP contribution >= 0.6 is 0 Å². The Morgan fingerprint density at radius 3 is 2.55 bits per heavy atom. The highest BCUT2D eigenvalue weighted by Gasteiger charge is 2.46. The minimum absolute atomic E-state index is 0.0105. The van der Waals surface area contributed by atoms with Gasteiger partial charge in [0.25, 0.3) is 5.91 Å². The quantitative estimate of drug-likeness (QED) is 0.650. The number of nitrogens with zero attached hydrogens (tertiary/aromatic N) is 4. The van der Waals surface area contributed by atoms with E-state index in [1.807, 2.05) is 0 Å². The van der Waals surface area contributed by atoms with Gasteiger partial charge in [0.2, 0.25) is 15.9 Å². The average Bonchev–Trinajstić information content (AvgIpc) is 3.59. The van der Waals surface area contributed by atoms with Crippen molar-refractivity contribution in [2.45, 2.75) is 48.4 Å². The van der Waals surface area contributed by atoms with Crippen LogP contribution in [-0.2, 0) is 21.0 Å². The topological polar surface area (TPSA) is 92.7 Å². The van der Waals surface area contributed by atoms with Gasteiger partial charge in [-0.15, -0.1) is 0 Å². The van der Waals surface area contributed by atoms with Gasteiger partial charge in [-0.3, -0.25) is 9.78 Å². The second-order valence-corrected chi connectivity index (χ2v) is 10.4. The lowest BCUT2D eigenvalue weighted by Crippen LogP contribution is -2.53. The minimum Gasteiger partial charge on any atom is -0.463 e. The van der Waals surface area contributed by atoms with E-state index in [2.05, 4.69) is 9.97 Å². The Morgan fingerprint density at radius 2 is 1.88 bits per heavy atom. The van der Waals surface area contributed by atoms with Gasteiger partial charge in [-0.1, -0.05) is 6.07 Å². The number of rotatable bonds is 5. The number of carbonyl (C=O) groups is 1. The summed E-state index contributed by atoms with van der Waals surface area (Å²) in [6, 6.07) is 3.25. The second kappa shape index (κ2) is 7.94. The number of amides is 1. The number of hydrogen-bond acceptors (Lipinski definition) is 6. The second-order valence-electron chi connectivity index (χ2n) is 8.47. The van der Waals surface area contributed by atoms with E-state index in [1.165, 1.54) is 6.20 Å². The van der Waals surface area contributed by atoms with Crippen molar-refractivity contribution in [3.05, 3.63) is 47.9 Å². The van der Waals surface area contributed by atoms with Crippen LogP contribution in [0.5, 0.6) is 5.88 Å². The summed E-state index contributed by atoms with van der Waals surface area (Å²) in [6.45, 7) is 0.105. The van der Waals surface area contributed by atoms with Gasteiger partial charge in [-0.25, -0.2) is 13.4 Å². The summed E-state index contributed by atoms with van der Waals surface area (Å²) in [5.74, 6) is 0.411. The summed E-state index contributed by atoms with van der Waals surface area (Å²) in [6.07, 6.45) is 0.101. The van der Waals surface area contributed by atoms with Crippen LogP contribution in [0.25, 0.3) is 0 Å². The number of sulfonamides is 1. The normalized spacial score (nSPS) is 24.1. The van der Waals surface area contributed by atoms with Crippen LogP contribution in [0, 0.1) is 0 Å². The monoisotopic (exact) mass is 482 g/mol. The van der Waals surface area contributed by atoms with Crippen LogP contribution in [0.4, 0.5) is 13.2 Å². The first-order valence-electron chi connectivity index (χ1n) is 10.6. The Morgan fingerprint density at radius 1 is 1.09 bits per heavy atom. The molecule has 1 aliphatic carbocycles. The standard InChI is InChI=1S/C21H21F3N4O4S/c22-21(23,24)14-2-1-3-16(8-14)33(30,31)27-6-7-28-15(12-27)9-18(20(28)29)32-19-11-25-17(10-26-19)13-4-5-13/h1-3,8,10-11,13,15,18H,4-7,9,12H2/t15-,18-/m1/s1. The predicted octanol–water partition coefficient (Wildman–Crippen LogP) is 2.43. The van der Waals surface area contributed by atoms with Gasteiger partial charge in [-0.05, 0) is 31.0 Å². The van der Waals surface area contributed by atoms with Crippen LogP contribution in [-0.4, -0.2) is 65.3 Å². The highest BCUT2D eigenvalue weighted by atomic mass is 32.2. The van der Waals surface area contributed by atoms with Crippen LogP contribution in [0.15, 0.2) is 41.6 Å². The zero-order chi connectivity index (χ0) is 23.4. The molecule has 3 heterocycles. The van der Waals surface area contributed by atoms with Gasteiger partial charge in [-0.2, -0.15) is 17.5 Å². The fourth-order valence-electron chi connectivity index (χ4n) is 4.27. The van der Waals surface area contributed by atoms with Crippen LogP contribution in [0.1, 0.15) is 36.4 Å². The highest BCUT2D eigenvalue weighted by Crippen LogP contribution is 2.39. The first-order chi connectivity index (χ1) is 15.6. The number of carbonyl (C=O) groups excluding carboxylic acids is 1. The highest BCUT2D eigenvalue weighted by molar-refractivity contribution is 7.89. The van der Waals surface area contributed by atoms with Gasteiger partial charge in [0, 0.05) is 38.0 Å². The number of fused-ring (bicyclic) bond motifs is 1. The minimum atomic E-state index is -4.65. The van der Waals surface area contributed by atoms with Crippen molar-refractivity contribution >= 4 is 15.9 Å². The molecule has 33 heavy (non-hydrogen) atoms. The maximum absolute atomic E-state index is 13.0. The molecule has 5 rings (SSSR count). The third-order valence-corrected chi connectivity index (χ3v) is 8.06. The van der Waals surface area contributed by atoms with Gasteiger partial charge < -0.3 is 9.64 Å². The predicted molar refractivity (Wildman–Crippen MR) is 109 cm³/mol. The number of alkyl halides is 3. The zero-order valence-electron chi connectivity index (χ0n) is 17.4. The maximum Gasteiger partial charge on any atom is 0.416 e. The zero-order valence-corrected chi connectivity index (χ0v) is 18.2. The summed E-state index contributed by atoms with van der Waals surface area (Å²) >= 11 is 0. The summed E-state index contributed by atoms with van der Waals surface area (Å²) < 4.78 is 72.0. The molecule has 1 aromatic carbocycles. The molecule has 3 fully saturated rings. The summed E-state index contributed by atoms with van der Waals surface area (Å²) in [5, 5.41) is 0. The van der Waals surface area contributed by atoms with E-state index in [9.17, 15) is 26.4 Å². The molecular weight excluding hydrogens is 461 g/mol. The maximum atomic E-state index is 13.0. The number of aromatic nitrogens is 2. The van der Waals surface area contributed by atoms with Crippen molar-refractivity contribution in [1.29, 1.82) is 0 Å². The molecule has 0 N–H and O–H groups in total. The van der Waals surface area contributed by atoms with E-state index in [0.717, 1.165) is 41.0 Å². The lowest BCUT2D eigenvalue weighted by Gasteiger charge is -2.36. The van der Waals surface area contributed by atoms with Crippen LogP contribution in [0.3, 0.4) is 0 Å². The Bertz CT molecular complexity index is 1170. The molecule has 8 nitrogen and oxygen atoms in total. The fraction of sp³-hybridized carbons (Fsp3) is 0.476. The Labute approximate surface area is 188 Å². The Kier molecular flexibility index (Phi) is 5.31. The number of halogens is 3. The van der Waals surface area contributed by atoms with E-state index < -0.39 is 38.8 Å². The largest absolute Gasteiger partial charge is 0.463 e. The molecule has 2 aliphatic heterocycles. The van der Waals surface area contributed by atoms with E-state index in [-0.39, 0.29) is 37.8 Å². The summed E-state index contributed by atoms with van der Waals surface area (Å²) in [5.41, 5.74) is -0.131. The number of benzene rings is 1. The van der Waals surface area contributed by atoms with E-state index in [1.54, 1.807) is 11.1 Å². The molecule has 1 aromatic heterocycles. The number of hydrogen-bond donors (Lipinski definition) is 0. The SMILES string of the molecule is O=C1[C@H](Oc2cnc(C3CC3)cn2)C[C@@H]2CN(S(=O)(=O)c3cccc(C(F)(F)F)c3)CCN12. The van der Waals surface area contributed by atoms with Crippen molar-refractivity contribution in [3.8, 4) is 5.88 Å². The molecule has 0 bridgehead atoms. The lowest BCUT2D eigenvalue weighted by molar-refractivity contribution is -0.138. The molecule has 0 radical (unpaired) electrons. The van der Waals surface area contributed by atoms with Crippen molar-refractivity contribution in [1.82, 2.24) is 19.2 Å². The molecular formula is C21H21F3N4O4S. The lowest BCUT2D eigenvalue weighted by atomic mass is 10.2. The smallest absolute Gasteiger partial charge is 0.416 e. The molecule has 2 saturated heterocycles. The molecule has 0 spiro atoms. The molecule has 1 amide bonds. The van der Waals surface area contributed by atoms with Crippen LogP contribution in [0.2, 0.25) is 0 Å². The van der Waals surface area contributed by atoms with Gasteiger partial charge >= 0.3 is 6.18 Å². The fourth-order valence-corrected chi connectivity index (χ4v) is 5.79. The Hall–Kier alpha value is -2.73. The molecule has 1 saturated carbocycles. The third kappa shape index (κ3) is 4.29. The number of piperazine rings is 1. The summed E-state index contributed by atoms with van der Waals surface area (Å²) in [4.78, 5) is 22.5. The number of ether oxygens (including phenoxy) is 1. The van der Waals surface area contributed by atoms with Crippen molar-refractivity contribution in [2.75, 3.05) is 19.6 Å². The van der Waals surface area contributed by atoms with Gasteiger partial charge in [0.1, 0.15) is 0 Å². The molecule has 0 unspecified atom stereocenters. The third-order valence-electron chi connectivity index (χ3n) is 6.20. The average molecular weight is 482 g/mol. The van der Waals surface area contributed by atoms with E-state index in [4.69, 9.17) is 4.74 Å². The molecule has 3 aliphatic rings. The van der Waals surface area contributed by atoms with Crippen molar-refractivity contribution in [3.63, 3.8) is 0 Å². The summed E-state index contributed by atoms with van der Waals surface area (Å²) in [7, 11) is -4.15. The van der Waals surface area contributed by atoms with Crippen molar-refractivity contribution in [2.24, 2.45) is 0 Å². The Balaban J connectivity index is 1.28. The van der Waals surface area contributed by atoms with E-state index in [0.29, 0.717) is 12.0 Å². The van der Waals surface area contributed by atoms with Crippen molar-refractivity contribution < 1.29 is 31.1 Å². The first-order valence-corrected chi connectivity index (χ1v) is 12.0. The van der Waals surface area contributed by atoms with Gasteiger partial charge in [0.15, 0.2) is 6.10 Å². The molecule has 176 valence electrons. The van der Waals surface area contributed by atoms with Gasteiger partial charge in [0.05, 0.1) is 28.5 Å². The molecule has 12 heteroatoms.